The Balaban J connectivity index is 2.10. The Labute approximate surface area is 150 Å². The Bertz CT molecular complexity index is 643. The second-order valence-corrected chi connectivity index (χ2v) is 6.97. The first-order valence-corrected chi connectivity index (χ1v) is 8.63. The molecule has 0 aromatic heterocycles. The van der Waals surface area contributed by atoms with Gasteiger partial charge in [0.05, 0.1) is 5.02 Å². The summed E-state index contributed by atoms with van der Waals surface area (Å²) >= 11 is 9.54. The predicted molar refractivity (Wildman–Crippen MR) is 96.8 cm³/mol. The number of hydrogen-bond acceptors (Lipinski definition) is 2. The van der Waals surface area contributed by atoms with Crippen LogP contribution in [0.5, 0.6) is 5.75 Å². The van der Waals surface area contributed by atoms with Crippen molar-refractivity contribution in [3.63, 3.8) is 0 Å². The zero-order chi connectivity index (χ0) is 16.8. The van der Waals surface area contributed by atoms with E-state index in [1.165, 1.54) is 6.07 Å². The van der Waals surface area contributed by atoms with E-state index in [0.29, 0.717) is 10.6 Å². The lowest BCUT2D eigenvalue weighted by Gasteiger charge is -2.14. The van der Waals surface area contributed by atoms with Gasteiger partial charge < -0.3 is 9.64 Å². The number of rotatable bonds is 7. The van der Waals surface area contributed by atoms with Crippen LogP contribution in [0.15, 0.2) is 40.9 Å². The fraction of sp³-hybridized carbons (Fsp3) is 0.333. The van der Waals surface area contributed by atoms with Gasteiger partial charge in [-0.3, -0.25) is 0 Å². The van der Waals surface area contributed by atoms with E-state index in [2.05, 4.69) is 34.9 Å². The highest BCUT2D eigenvalue weighted by atomic mass is 79.9. The Morgan fingerprint density at radius 3 is 2.70 bits per heavy atom. The molecule has 0 amide bonds. The number of hydrogen-bond donors (Lipinski definition) is 0. The SMILES string of the molecule is CN(C)CCCc1cc(Br)ccc1OCc1c(F)cccc1Cl. The lowest BCUT2D eigenvalue weighted by Crippen LogP contribution is -2.13. The fourth-order valence-electron chi connectivity index (χ4n) is 2.29. The van der Waals surface area contributed by atoms with Crippen molar-refractivity contribution in [2.24, 2.45) is 0 Å². The monoisotopic (exact) mass is 399 g/mol. The highest BCUT2D eigenvalue weighted by Gasteiger charge is 2.10. The van der Waals surface area contributed by atoms with Gasteiger partial charge in [0, 0.05) is 10.0 Å². The molecule has 0 fully saturated rings. The van der Waals surface area contributed by atoms with Gasteiger partial charge in [-0.25, -0.2) is 4.39 Å². The number of aryl methyl sites for hydroxylation is 1. The molecule has 0 spiro atoms. The van der Waals surface area contributed by atoms with Gasteiger partial charge in [0.2, 0.25) is 0 Å². The molecule has 2 aromatic rings. The molecule has 0 aliphatic carbocycles. The van der Waals surface area contributed by atoms with E-state index >= 15 is 0 Å². The van der Waals surface area contributed by atoms with E-state index in [0.717, 1.165) is 35.2 Å². The van der Waals surface area contributed by atoms with Crippen LogP contribution in [0, 0.1) is 5.82 Å². The van der Waals surface area contributed by atoms with Crippen molar-refractivity contribution in [2.75, 3.05) is 20.6 Å². The van der Waals surface area contributed by atoms with Crippen molar-refractivity contribution >= 4 is 27.5 Å². The van der Waals surface area contributed by atoms with E-state index < -0.39 is 0 Å². The molecule has 0 aliphatic heterocycles. The summed E-state index contributed by atoms with van der Waals surface area (Å²) in [5, 5.41) is 0.385. The van der Waals surface area contributed by atoms with Crippen molar-refractivity contribution in [2.45, 2.75) is 19.4 Å². The minimum atomic E-state index is -0.344. The molecule has 0 N–H and O–H groups in total. The molecule has 2 aromatic carbocycles. The minimum absolute atomic E-state index is 0.119. The molecule has 124 valence electrons. The number of halogens is 3. The molecule has 0 atom stereocenters. The van der Waals surface area contributed by atoms with Gasteiger partial charge >= 0.3 is 0 Å². The predicted octanol–water partition coefficient (Wildman–Crippen LogP) is 5.31. The zero-order valence-corrected chi connectivity index (χ0v) is 15.6. The molecule has 0 radical (unpaired) electrons. The van der Waals surface area contributed by atoms with Gasteiger partial charge in [0.1, 0.15) is 18.2 Å². The maximum Gasteiger partial charge on any atom is 0.131 e. The molecular formula is C18H20BrClFNO. The van der Waals surface area contributed by atoms with E-state index in [4.69, 9.17) is 16.3 Å². The van der Waals surface area contributed by atoms with Crippen LogP contribution in [0.1, 0.15) is 17.5 Å². The van der Waals surface area contributed by atoms with E-state index in [-0.39, 0.29) is 12.4 Å². The van der Waals surface area contributed by atoms with Gasteiger partial charge in [-0.1, -0.05) is 33.6 Å². The largest absolute Gasteiger partial charge is 0.488 e. The summed E-state index contributed by atoms with van der Waals surface area (Å²) < 4.78 is 20.7. The van der Waals surface area contributed by atoms with Crippen LogP contribution in [0.25, 0.3) is 0 Å². The smallest absolute Gasteiger partial charge is 0.131 e. The average molecular weight is 401 g/mol. The summed E-state index contributed by atoms with van der Waals surface area (Å²) in [7, 11) is 4.11. The van der Waals surface area contributed by atoms with Crippen LogP contribution < -0.4 is 4.74 Å². The van der Waals surface area contributed by atoms with Gasteiger partial charge in [-0.05, 0) is 69.4 Å². The Morgan fingerprint density at radius 1 is 1.22 bits per heavy atom. The number of ether oxygens (including phenoxy) is 1. The van der Waals surface area contributed by atoms with Crippen LogP contribution >= 0.6 is 27.5 Å². The van der Waals surface area contributed by atoms with Gasteiger partial charge in [0.15, 0.2) is 0 Å². The van der Waals surface area contributed by atoms with Crippen molar-refractivity contribution in [1.29, 1.82) is 0 Å². The third-order valence-corrected chi connectivity index (χ3v) is 4.36. The van der Waals surface area contributed by atoms with Crippen LogP contribution in [0.3, 0.4) is 0 Å². The molecule has 2 nitrogen and oxygen atoms in total. The average Bonchev–Trinajstić information content (AvgIpc) is 2.48. The topological polar surface area (TPSA) is 12.5 Å². The maximum atomic E-state index is 13.8. The summed E-state index contributed by atoms with van der Waals surface area (Å²) in [6.07, 6.45) is 1.93. The van der Waals surface area contributed by atoms with E-state index in [1.54, 1.807) is 12.1 Å². The summed E-state index contributed by atoms with van der Waals surface area (Å²) in [6.45, 7) is 1.12. The summed E-state index contributed by atoms with van der Waals surface area (Å²) in [4.78, 5) is 2.15. The van der Waals surface area contributed by atoms with Crippen LogP contribution in [-0.4, -0.2) is 25.5 Å². The van der Waals surface area contributed by atoms with Gasteiger partial charge in [-0.2, -0.15) is 0 Å². The zero-order valence-electron chi connectivity index (χ0n) is 13.3. The molecule has 0 heterocycles. The molecule has 2 rings (SSSR count). The molecule has 0 saturated heterocycles. The first-order chi connectivity index (χ1) is 11.0. The summed E-state index contributed by atoms with van der Waals surface area (Å²) in [5.74, 6) is 0.426. The number of nitrogens with zero attached hydrogens (tertiary/aromatic N) is 1. The third-order valence-electron chi connectivity index (χ3n) is 3.51. The molecule has 5 heteroatoms. The van der Waals surface area contributed by atoms with Gasteiger partial charge in [-0.15, -0.1) is 0 Å². The van der Waals surface area contributed by atoms with Crippen LogP contribution in [0.2, 0.25) is 5.02 Å². The Hall–Kier alpha value is -1.10. The molecule has 0 aliphatic rings. The number of benzene rings is 2. The first-order valence-electron chi connectivity index (χ1n) is 7.46. The summed E-state index contributed by atoms with van der Waals surface area (Å²) in [5.41, 5.74) is 1.49. The second kappa shape index (κ2) is 8.67. The van der Waals surface area contributed by atoms with Crippen LogP contribution in [-0.2, 0) is 13.0 Å². The molecule has 0 unspecified atom stereocenters. The van der Waals surface area contributed by atoms with Crippen molar-refractivity contribution < 1.29 is 9.13 Å². The highest BCUT2D eigenvalue weighted by Crippen LogP contribution is 2.27. The van der Waals surface area contributed by atoms with Gasteiger partial charge in [0.25, 0.3) is 0 Å². The highest BCUT2D eigenvalue weighted by molar-refractivity contribution is 9.10. The Kier molecular flexibility index (Phi) is 6.88. The van der Waals surface area contributed by atoms with E-state index in [1.807, 2.05) is 18.2 Å². The molecule has 0 bridgehead atoms. The van der Waals surface area contributed by atoms with Crippen molar-refractivity contribution in [3.05, 3.63) is 62.8 Å². The molecule has 23 heavy (non-hydrogen) atoms. The first kappa shape index (κ1) is 18.2. The molecule has 0 saturated carbocycles. The third kappa shape index (κ3) is 5.48. The minimum Gasteiger partial charge on any atom is -0.488 e. The quantitative estimate of drug-likeness (QED) is 0.624. The summed E-state index contributed by atoms with van der Waals surface area (Å²) in [6, 6.07) is 10.5. The lowest BCUT2D eigenvalue weighted by atomic mass is 10.1. The molecular weight excluding hydrogens is 381 g/mol. The Morgan fingerprint density at radius 2 is 2.00 bits per heavy atom. The van der Waals surface area contributed by atoms with Crippen molar-refractivity contribution in [1.82, 2.24) is 4.90 Å². The lowest BCUT2D eigenvalue weighted by molar-refractivity contribution is 0.296. The maximum absolute atomic E-state index is 13.8. The van der Waals surface area contributed by atoms with E-state index in [9.17, 15) is 4.39 Å². The normalized spacial score (nSPS) is 11.0. The fourth-order valence-corrected chi connectivity index (χ4v) is 2.92. The van der Waals surface area contributed by atoms with Crippen molar-refractivity contribution in [3.8, 4) is 5.75 Å². The van der Waals surface area contributed by atoms with Crippen LogP contribution in [0.4, 0.5) is 4.39 Å². The standard InChI is InChI=1S/C18H20BrClFNO/c1-22(2)10-4-5-13-11-14(19)8-9-18(13)23-12-15-16(20)6-3-7-17(15)21/h3,6-9,11H,4-5,10,12H2,1-2H3. The second-order valence-electron chi connectivity index (χ2n) is 5.65.